The fraction of sp³-hybridized carbons (Fsp3) is 0.474. The van der Waals surface area contributed by atoms with Crippen LogP contribution in [0.25, 0.3) is 16.2 Å². The number of nitrogens with zero attached hydrogens (tertiary/aromatic N) is 4. The normalized spacial score (nSPS) is 16.9. The zero-order valence-corrected chi connectivity index (χ0v) is 18.5. The highest BCUT2D eigenvalue weighted by atomic mass is 32.2. The molecule has 4 rings (SSSR count). The smallest absolute Gasteiger partial charge is 0.214 e. The molecular weight excluding hydrogens is 429 g/mol. The van der Waals surface area contributed by atoms with E-state index >= 15 is 0 Å². The van der Waals surface area contributed by atoms with E-state index in [-0.39, 0.29) is 17.0 Å². The predicted octanol–water partition coefficient (Wildman–Crippen LogP) is 2.20. The van der Waals surface area contributed by atoms with Crippen LogP contribution >= 0.6 is 11.3 Å². The van der Waals surface area contributed by atoms with Gasteiger partial charge in [0.25, 0.3) is 0 Å². The van der Waals surface area contributed by atoms with E-state index in [9.17, 15) is 12.8 Å². The number of fused-ring (bicyclic) bond motifs is 1. The molecule has 0 atom stereocenters. The van der Waals surface area contributed by atoms with Crippen molar-refractivity contribution in [2.45, 2.75) is 12.8 Å². The molecule has 0 spiro atoms. The van der Waals surface area contributed by atoms with Crippen LogP contribution in [0, 0.1) is 11.2 Å². The SMILES string of the molecule is COc1cc(F)ccc1-c1cnc2sc(N3CCC(CN)(CS(C)(=O)=O)CC3)nn12. The molecule has 30 heavy (non-hydrogen) atoms. The van der Waals surface area contributed by atoms with Gasteiger partial charge in [-0.1, -0.05) is 11.3 Å². The van der Waals surface area contributed by atoms with Gasteiger partial charge < -0.3 is 15.4 Å². The van der Waals surface area contributed by atoms with Gasteiger partial charge in [-0.3, -0.25) is 0 Å². The largest absolute Gasteiger partial charge is 0.496 e. The van der Waals surface area contributed by atoms with Gasteiger partial charge in [0.05, 0.1) is 24.8 Å². The Hall–Kier alpha value is -2.24. The highest BCUT2D eigenvalue weighted by Gasteiger charge is 2.37. The summed E-state index contributed by atoms with van der Waals surface area (Å²) in [7, 11) is -1.60. The van der Waals surface area contributed by atoms with E-state index in [1.165, 1.54) is 36.8 Å². The van der Waals surface area contributed by atoms with Gasteiger partial charge >= 0.3 is 0 Å². The number of ether oxygens (including phenoxy) is 1. The number of hydrogen-bond donors (Lipinski definition) is 1. The first-order valence-corrected chi connectivity index (χ1v) is 12.4. The van der Waals surface area contributed by atoms with E-state index in [0.29, 0.717) is 43.8 Å². The molecule has 0 unspecified atom stereocenters. The van der Waals surface area contributed by atoms with Crippen LogP contribution in [0.1, 0.15) is 12.8 Å². The molecular formula is C19H24FN5O3S2. The van der Waals surface area contributed by atoms with Crippen LogP contribution in [0.15, 0.2) is 24.4 Å². The summed E-state index contributed by atoms with van der Waals surface area (Å²) >= 11 is 1.46. The summed E-state index contributed by atoms with van der Waals surface area (Å²) in [5.74, 6) is 0.152. The van der Waals surface area contributed by atoms with Crippen molar-refractivity contribution in [3.8, 4) is 17.0 Å². The van der Waals surface area contributed by atoms with Crippen LogP contribution in [-0.2, 0) is 9.84 Å². The molecule has 2 aromatic heterocycles. The lowest BCUT2D eigenvalue weighted by Gasteiger charge is -2.40. The summed E-state index contributed by atoms with van der Waals surface area (Å²) in [6.07, 6.45) is 4.34. The number of sulfone groups is 1. The Morgan fingerprint density at radius 1 is 1.33 bits per heavy atom. The molecule has 0 amide bonds. The van der Waals surface area contributed by atoms with Crippen molar-refractivity contribution in [3.05, 3.63) is 30.2 Å². The number of imidazole rings is 1. The Morgan fingerprint density at radius 2 is 2.07 bits per heavy atom. The van der Waals surface area contributed by atoms with Gasteiger partial charge in [0.1, 0.15) is 21.4 Å². The van der Waals surface area contributed by atoms with Crippen LogP contribution in [-0.4, -0.2) is 61.8 Å². The maximum absolute atomic E-state index is 13.6. The van der Waals surface area contributed by atoms with E-state index in [1.807, 2.05) is 0 Å². The molecule has 8 nitrogen and oxygen atoms in total. The van der Waals surface area contributed by atoms with E-state index in [2.05, 4.69) is 9.88 Å². The van der Waals surface area contributed by atoms with E-state index < -0.39 is 9.84 Å². The zero-order chi connectivity index (χ0) is 21.5. The Labute approximate surface area is 178 Å². The standard InChI is InChI=1S/C19H24FN5O3S2/c1-28-16-9-13(20)3-4-14(16)15-10-22-17-25(15)23-18(29-17)24-7-5-19(11-21,6-8-24)12-30(2,26)27/h3-4,9-10H,5-8,11-12,21H2,1-2H3. The fourth-order valence-electron chi connectivity index (χ4n) is 4.01. The first-order valence-electron chi connectivity index (χ1n) is 9.55. The molecule has 0 radical (unpaired) electrons. The molecule has 0 aliphatic carbocycles. The minimum atomic E-state index is -3.10. The first kappa shape index (κ1) is 21.0. The van der Waals surface area contributed by atoms with Gasteiger partial charge in [0, 0.05) is 31.0 Å². The van der Waals surface area contributed by atoms with Gasteiger partial charge in [0.2, 0.25) is 10.1 Å². The lowest BCUT2D eigenvalue weighted by atomic mass is 9.80. The summed E-state index contributed by atoms with van der Waals surface area (Å²) in [6, 6.07) is 4.36. The number of rotatable bonds is 6. The number of nitrogens with two attached hydrogens (primary N) is 1. The highest BCUT2D eigenvalue weighted by Crippen LogP contribution is 2.37. The van der Waals surface area contributed by atoms with Crippen LogP contribution in [0.2, 0.25) is 0 Å². The van der Waals surface area contributed by atoms with Gasteiger partial charge in [-0.05, 0) is 36.9 Å². The molecule has 3 heterocycles. The molecule has 2 N–H and O–H groups in total. The number of aromatic nitrogens is 3. The number of piperidine rings is 1. The average molecular weight is 454 g/mol. The van der Waals surface area contributed by atoms with E-state index in [4.69, 9.17) is 15.6 Å². The molecule has 0 bridgehead atoms. The Kier molecular flexibility index (Phi) is 5.45. The van der Waals surface area contributed by atoms with Crippen molar-refractivity contribution >= 4 is 31.3 Å². The summed E-state index contributed by atoms with van der Waals surface area (Å²) in [5.41, 5.74) is 6.99. The Balaban J connectivity index is 1.59. The monoisotopic (exact) mass is 453 g/mol. The Morgan fingerprint density at radius 3 is 2.70 bits per heavy atom. The van der Waals surface area contributed by atoms with Crippen LogP contribution in [0.4, 0.5) is 9.52 Å². The van der Waals surface area contributed by atoms with Crippen molar-refractivity contribution in [1.82, 2.24) is 14.6 Å². The van der Waals surface area contributed by atoms with Gasteiger partial charge in [-0.2, -0.15) is 0 Å². The van der Waals surface area contributed by atoms with E-state index in [0.717, 1.165) is 15.8 Å². The third-order valence-corrected chi connectivity index (χ3v) is 7.73. The minimum absolute atomic E-state index is 0.111. The van der Waals surface area contributed by atoms with Gasteiger partial charge in [0.15, 0.2) is 0 Å². The lowest BCUT2D eigenvalue weighted by Crippen LogP contribution is -2.47. The number of anilines is 1. The zero-order valence-electron chi connectivity index (χ0n) is 16.8. The van der Waals surface area contributed by atoms with Crippen molar-refractivity contribution in [2.24, 2.45) is 11.1 Å². The number of halogens is 1. The van der Waals surface area contributed by atoms with Crippen LogP contribution < -0.4 is 15.4 Å². The Bertz CT molecular complexity index is 1170. The van der Waals surface area contributed by atoms with Gasteiger partial charge in [-0.15, -0.1) is 5.10 Å². The third-order valence-electron chi connectivity index (χ3n) is 5.61. The topological polar surface area (TPSA) is 103 Å². The second-order valence-electron chi connectivity index (χ2n) is 7.83. The summed E-state index contributed by atoms with van der Waals surface area (Å²) in [4.78, 5) is 7.31. The second-order valence-corrected chi connectivity index (χ2v) is 10.9. The molecule has 1 aliphatic heterocycles. The van der Waals surface area contributed by atoms with Gasteiger partial charge in [-0.25, -0.2) is 22.3 Å². The van der Waals surface area contributed by atoms with Crippen molar-refractivity contribution < 1.29 is 17.5 Å². The van der Waals surface area contributed by atoms with Crippen molar-refractivity contribution in [3.63, 3.8) is 0 Å². The molecule has 1 aromatic carbocycles. The summed E-state index contributed by atoms with van der Waals surface area (Å²) in [5, 5.41) is 5.53. The first-order chi connectivity index (χ1) is 14.2. The highest BCUT2D eigenvalue weighted by molar-refractivity contribution is 7.90. The number of hydrogen-bond acceptors (Lipinski definition) is 8. The average Bonchev–Trinajstić information content (AvgIpc) is 3.28. The second kappa shape index (κ2) is 7.78. The lowest BCUT2D eigenvalue weighted by molar-refractivity contribution is 0.261. The minimum Gasteiger partial charge on any atom is -0.496 e. The molecule has 3 aromatic rings. The van der Waals surface area contributed by atoms with Crippen LogP contribution in [0.5, 0.6) is 5.75 Å². The molecule has 1 aliphatic rings. The van der Waals surface area contributed by atoms with Crippen molar-refractivity contribution in [1.29, 1.82) is 0 Å². The molecule has 1 saturated heterocycles. The summed E-state index contributed by atoms with van der Waals surface area (Å²) in [6.45, 7) is 1.71. The fourth-order valence-corrected chi connectivity index (χ4v) is 6.45. The predicted molar refractivity (Wildman–Crippen MR) is 115 cm³/mol. The molecule has 11 heteroatoms. The third kappa shape index (κ3) is 4.01. The quantitative estimate of drug-likeness (QED) is 0.610. The van der Waals surface area contributed by atoms with Crippen molar-refractivity contribution in [2.75, 3.05) is 43.7 Å². The van der Waals surface area contributed by atoms with Crippen LogP contribution in [0.3, 0.4) is 0 Å². The molecule has 0 saturated carbocycles. The van der Waals surface area contributed by atoms with E-state index in [1.54, 1.807) is 16.8 Å². The molecule has 1 fully saturated rings. The maximum atomic E-state index is 13.6. The number of benzene rings is 1. The maximum Gasteiger partial charge on any atom is 0.214 e. The molecule has 162 valence electrons. The summed E-state index contributed by atoms with van der Waals surface area (Å²) < 4.78 is 44.3. The number of methoxy groups -OCH3 is 1.